The van der Waals surface area contributed by atoms with E-state index in [9.17, 15) is 9.90 Å². The molecule has 5 heterocycles. The number of piperazine rings is 1. The SMILES string of the molecule is NCCC1CC(O)CN1c1ncc(-c2ccnc(Nc3ccnc(CN4CCN(CC(=O)O)CC4)c3)c2)cn1. The molecule has 0 aliphatic carbocycles. The van der Waals surface area contributed by atoms with Gasteiger partial charge in [-0.15, -0.1) is 0 Å². The van der Waals surface area contributed by atoms with Crippen LogP contribution in [0.1, 0.15) is 18.5 Å². The predicted molar refractivity (Wildman–Crippen MR) is 148 cm³/mol. The number of nitrogens with two attached hydrogens (primary N) is 1. The molecule has 39 heavy (non-hydrogen) atoms. The summed E-state index contributed by atoms with van der Waals surface area (Å²) in [4.78, 5) is 35.4. The van der Waals surface area contributed by atoms with Gasteiger partial charge >= 0.3 is 5.97 Å². The monoisotopic (exact) mass is 533 g/mol. The van der Waals surface area contributed by atoms with Crippen molar-refractivity contribution in [2.75, 3.05) is 56.0 Å². The zero-order valence-corrected chi connectivity index (χ0v) is 21.9. The highest BCUT2D eigenvalue weighted by Crippen LogP contribution is 2.27. The standard InChI is InChI=1S/C27H35N9O3/c28-4-1-23-13-24(37)17-36(23)27-31-14-20(15-32-27)19-2-5-30-25(11-19)33-21-3-6-29-22(12-21)16-34-7-9-35(10-8-34)18-26(38)39/h2-3,5-6,11-12,14-15,23-24,37H,1,4,7-10,13,16-18,28H2,(H,38,39)(H,29,30,33). The fourth-order valence-electron chi connectivity index (χ4n) is 5.22. The van der Waals surface area contributed by atoms with E-state index in [0.717, 1.165) is 55.1 Å². The summed E-state index contributed by atoms with van der Waals surface area (Å²) in [5.41, 5.74) is 9.38. The number of aliphatic carboxylic acids is 1. The fourth-order valence-corrected chi connectivity index (χ4v) is 5.22. The maximum absolute atomic E-state index is 10.9. The Hall–Kier alpha value is -3.71. The van der Waals surface area contributed by atoms with Gasteiger partial charge in [0.25, 0.3) is 0 Å². The average molecular weight is 534 g/mol. The molecule has 12 nitrogen and oxygen atoms in total. The summed E-state index contributed by atoms with van der Waals surface area (Å²) in [6, 6.07) is 7.94. The predicted octanol–water partition coefficient (Wildman–Crippen LogP) is 1.17. The molecule has 5 N–H and O–H groups in total. The van der Waals surface area contributed by atoms with Crippen LogP contribution < -0.4 is 16.0 Å². The molecule has 2 saturated heterocycles. The Morgan fingerprint density at radius 3 is 2.49 bits per heavy atom. The molecule has 0 bridgehead atoms. The summed E-state index contributed by atoms with van der Waals surface area (Å²) in [6.07, 6.45) is 8.21. The number of pyridine rings is 2. The number of hydrogen-bond donors (Lipinski definition) is 4. The minimum atomic E-state index is -0.787. The summed E-state index contributed by atoms with van der Waals surface area (Å²) in [6.45, 7) is 4.96. The van der Waals surface area contributed by atoms with Gasteiger partial charge in [0, 0.05) is 81.3 Å². The van der Waals surface area contributed by atoms with E-state index in [1.54, 1.807) is 24.8 Å². The molecule has 2 fully saturated rings. The van der Waals surface area contributed by atoms with Crippen LogP contribution in [-0.2, 0) is 11.3 Å². The zero-order chi connectivity index (χ0) is 27.2. The number of aliphatic hydroxyl groups excluding tert-OH is 1. The van der Waals surface area contributed by atoms with Gasteiger partial charge in [-0.1, -0.05) is 0 Å². The number of hydrogen-bond acceptors (Lipinski definition) is 11. The second-order valence-electron chi connectivity index (χ2n) is 10.1. The third-order valence-corrected chi connectivity index (χ3v) is 7.18. The topological polar surface area (TPSA) is 157 Å². The highest BCUT2D eigenvalue weighted by molar-refractivity contribution is 5.69. The van der Waals surface area contributed by atoms with Crippen molar-refractivity contribution < 1.29 is 15.0 Å². The van der Waals surface area contributed by atoms with Crippen molar-refractivity contribution in [3.8, 4) is 11.1 Å². The normalized spacial score (nSPS) is 20.3. The molecular formula is C27H35N9O3. The van der Waals surface area contributed by atoms with Crippen molar-refractivity contribution in [3.05, 3.63) is 54.7 Å². The average Bonchev–Trinajstić information content (AvgIpc) is 3.30. The minimum Gasteiger partial charge on any atom is -0.480 e. The minimum absolute atomic E-state index is 0.0890. The van der Waals surface area contributed by atoms with E-state index in [4.69, 9.17) is 10.8 Å². The van der Waals surface area contributed by atoms with Crippen molar-refractivity contribution in [1.29, 1.82) is 0 Å². The van der Waals surface area contributed by atoms with Crippen LogP contribution >= 0.6 is 0 Å². The number of carboxylic acids is 1. The number of aromatic nitrogens is 4. The number of carboxylic acid groups (broad SMARTS) is 1. The highest BCUT2D eigenvalue weighted by atomic mass is 16.4. The largest absolute Gasteiger partial charge is 0.480 e. The third kappa shape index (κ3) is 7.03. The first-order chi connectivity index (χ1) is 19.0. The third-order valence-electron chi connectivity index (χ3n) is 7.18. The number of aliphatic hydroxyl groups is 1. The van der Waals surface area contributed by atoms with Gasteiger partial charge in [0.2, 0.25) is 5.95 Å². The van der Waals surface area contributed by atoms with Gasteiger partial charge in [-0.05, 0) is 49.2 Å². The summed E-state index contributed by atoms with van der Waals surface area (Å²) in [7, 11) is 0. The molecule has 0 saturated carbocycles. The van der Waals surface area contributed by atoms with E-state index in [2.05, 4.69) is 30.2 Å². The Morgan fingerprint density at radius 1 is 1.00 bits per heavy atom. The molecule has 2 atom stereocenters. The Balaban J connectivity index is 1.21. The summed E-state index contributed by atoms with van der Waals surface area (Å²) < 4.78 is 0. The Bertz CT molecular complexity index is 1250. The number of nitrogens with one attached hydrogen (secondary N) is 1. The molecule has 2 aliphatic heterocycles. The first-order valence-corrected chi connectivity index (χ1v) is 13.3. The Kier molecular flexibility index (Phi) is 8.57. The quantitative estimate of drug-likeness (QED) is 0.295. The molecule has 0 aromatic carbocycles. The fraction of sp³-hybridized carbons (Fsp3) is 0.444. The summed E-state index contributed by atoms with van der Waals surface area (Å²) in [5, 5.41) is 22.5. The van der Waals surface area contributed by atoms with Crippen molar-refractivity contribution >= 4 is 23.4 Å². The second kappa shape index (κ2) is 12.4. The van der Waals surface area contributed by atoms with Crippen LogP contribution in [0.3, 0.4) is 0 Å². The number of β-amino-alcohol motifs (C(OH)–C–C–N with tert-alkyl or cyclic N) is 1. The van der Waals surface area contributed by atoms with Crippen LogP contribution in [-0.4, -0.2) is 104 Å². The maximum Gasteiger partial charge on any atom is 0.317 e. The Labute approximate surface area is 227 Å². The molecule has 2 aliphatic rings. The van der Waals surface area contributed by atoms with E-state index in [1.165, 1.54) is 0 Å². The van der Waals surface area contributed by atoms with Gasteiger partial charge < -0.3 is 26.2 Å². The van der Waals surface area contributed by atoms with E-state index in [1.807, 2.05) is 34.1 Å². The maximum atomic E-state index is 10.9. The van der Waals surface area contributed by atoms with E-state index in [-0.39, 0.29) is 18.7 Å². The molecule has 12 heteroatoms. The van der Waals surface area contributed by atoms with E-state index in [0.29, 0.717) is 37.8 Å². The van der Waals surface area contributed by atoms with Gasteiger partial charge in [0.1, 0.15) is 5.82 Å². The molecule has 2 unspecified atom stereocenters. The van der Waals surface area contributed by atoms with Crippen molar-refractivity contribution in [2.45, 2.75) is 31.5 Å². The number of nitrogens with zero attached hydrogens (tertiary/aromatic N) is 7. The summed E-state index contributed by atoms with van der Waals surface area (Å²) >= 11 is 0. The van der Waals surface area contributed by atoms with Crippen LogP contribution in [0.15, 0.2) is 49.1 Å². The van der Waals surface area contributed by atoms with Crippen molar-refractivity contribution in [3.63, 3.8) is 0 Å². The highest BCUT2D eigenvalue weighted by Gasteiger charge is 2.32. The lowest BCUT2D eigenvalue weighted by Gasteiger charge is -2.33. The van der Waals surface area contributed by atoms with Crippen molar-refractivity contribution in [2.24, 2.45) is 5.73 Å². The van der Waals surface area contributed by atoms with Crippen LogP contribution in [0.25, 0.3) is 11.1 Å². The summed E-state index contributed by atoms with van der Waals surface area (Å²) in [5.74, 6) is 0.515. The molecule has 206 valence electrons. The van der Waals surface area contributed by atoms with Gasteiger partial charge in [0.05, 0.1) is 18.3 Å². The molecule has 5 rings (SSSR count). The van der Waals surface area contributed by atoms with Gasteiger partial charge in [-0.25, -0.2) is 15.0 Å². The lowest BCUT2D eigenvalue weighted by Crippen LogP contribution is -2.47. The number of anilines is 3. The van der Waals surface area contributed by atoms with E-state index < -0.39 is 5.97 Å². The number of rotatable bonds is 10. The smallest absolute Gasteiger partial charge is 0.317 e. The van der Waals surface area contributed by atoms with E-state index >= 15 is 0 Å². The van der Waals surface area contributed by atoms with Crippen LogP contribution in [0.2, 0.25) is 0 Å². The van der Waals surface area contributed by atoms with Gasteiger partial charge in [-0.3, -0.25) is 19.6 Å². The lowest BCUT2D eigenvalue weighted by molar-refractivity contribution is -0.138. The van der Waals surface area contributed by atoms with Gasteiger partial charge in [-0.2, -0.15) is 0 Å². The molecule has 3 aromatic heterocycles. The molecular weight excluding hydrogens is 498 g/mol. The second-order valence-corrected chi connectivity index (χ2v) is 10.1. The number of carbonyl (C=O) groups is 1. The molecule has 3 aromatic rings. The lowest BCUT2D eigenvalue weighted by atomic mass is 10.1. The first kappa shape index (κ1) is 26.9. The molecule has 0 amide bonds. The van der Waals surface area contributed by atoms with Crippen LogP contribution in [0.5, 0.6) is 0 Å². The zero-order valence-electron chi connectivity index (χ0n) is 21.9. The first-order valence-electron chi connectivity index (χ1n) is 13.3. The van der Waals surface area contributed by atoms with Crippen LogP contribution in [0, 0.1) is 0 Å². The van der Waals surface area contributed by atoms with Gasteiger partial charge in [0.15, 0.2) is 0 Å². The van der Waals surface area contributed by atoms with Crippen molar-refractivity contribution in [1.82, 2.24) is 29.7 Å². The molecule has 0 radical (unpaired) electrons. The molecule has 0 spiro atoms. The van der Waals surface area contributed by atoms with Crippen LogP contribution in [0.4, 0.5) is 17.5 Å². The Morgan fingerprint density at radius 2 is 1.74 bits per heavy atom.